The smallest absolute Gasteiger partial charge is 0.293 e. The maximum absolute atomic E-state index is 12.9. The molecule has 3 aromatic rings. The van der Waals surface area contributed by atoms with Crippen LogP contribution in [0.25, 0.3) is 5.78 Å². The first kappa shape index (κ1) is 15.6. The number of aryl methyl sites for hydroxylation is 1. The molecule has 1 fully saturated rings. The molecule has 25 heavy (non-hydrogen) atoms. The summed E-state index contributed by atoms with van der Waals surface area (Å²) in [5, 5.41) is 3.90. The molecule has 3 aromatic heterocycles. The van der Waals surface area contributed by atoms with Crippen LogP contribution in [0.1, 0.15) is 54.2 Å². The molecule has 4 rings (SSSR count). The number of hydrogen-bond acceptors (Lipinski definition) is 5. The highest BCUT2D eigenvalue weighted by Gasteiger charge is 2.31. The Bertz CT molecular complexity index is 970. The lowest BCUT2D eigenvalue weighted by molar-refractivity contribution is 0.0563. The summed E-state index contributed by atoms with van der Waals surface area (Å²) in [6, 6.07) is 3.03. The maximum atomic E-state index is 12.9. The van der Waals surface area contributed by atoms with Gasteiger partial charge in [-0.1, -0.05) is 12.1 Å². The number of rotatable bonds is 3. The number of likely N-dealkylation sites (tertiary alicyclic amines) is 1. The molecule has 0 aromatic carbocycles. The zero-order valence-corrected chi connectivity index (χ0v) is 13.9. The second kappa shape index (κ2) is 6.19. The summed E-state index contributed by atoms with van der Waals surface area (Å²) in [5.74, 6) is 0.530. The molecule has 0 unspecified atom stereocenters. The third-order valence-corrected chi connectivity index (χ3v) is 4.67. The highest BCUT2D eigenvalue weighted by molar-refractivity contribution is 5.91. The molecule has 130 valence electrons. The molecule has 4 heterocycles. The molecule has 0 aliphatic carbocycles. The zero-order valence-electron chi connectivity index (χ0n) is 13.9. The number of nitrogens with one attached hydrogen (secondary N) is 1. The van der Waals surface area contributed by atoms with Crippen LogP contribution in [0.15, 0.2) is 33.8 Å². The average Bonchev–Trinajstić information content (AvgIpc) is 3.30. The molecular formula is C17H19N5O3. The number of carbonyl (C=O) groups excluding carboxylic acids is 1. The first-order chi connectivity index (χ1) is 12.2. The van der Waals surface area contributed by atoms with Gasteiger partial charge in [-0.15, -0.1) is 0 Å². The Kier molecular flexibility index (Phi) is 3.87. The van der Waals surface area contributed by atoms with Crippen molar-refractivity contribution in [3.8, 4) is 0 Å². The number of imidazole rings is 1. The Hall–Kier alpha value is -2.90. The number of piperidine rings is 1. The van der Waals surface area contributed by atoms with Crippen LogP contribution in [-0.2, 0) is 6.42 Å². The van der Waals surface area contributed by atoms with Crippen molar-refractivity contribution in [1.29, 1.82) is 0 Å². The summed E-state index contributed by atoms with van der Waals surface area (Å²) in [7, 11) is 0. The number of aromatic nitrogens is 4. The van der Waals surface area contributed by atoms with Crippen molar-refractivity contribution in [2.75, 3.05) is 6.54 Å². The number of nitrogens with zero attached hydrogens (tertiary/aromatic N) is 4. The summed E-state index contributed by atoms with van der Waals surface area (Å²) in [6.45, 7) is 2.58. The van der Waals surface area contributed by atoms with Crippen molar-refractivity contribution >= 4 is 11.7 Å². The van der Waals surface area contributed by atoms with E-state index in [1.807, 2.05) is 6.92 Å². The van der Waals surface area contributed by atoms with Crippen molar-refractivity contribution in [3.63, 3.8) is 0 Å². The predicted octanol–water partition coefficient (Wildman–Crippen LogP) is 1.94. The van der Waals surface area contributed by atoms with Gasteiger partial charge in [-0.25, -0.2) is 4.98 Å². The van der Waals surface area contributed by atoms with E-state index >= 15 is 0 Å². The first-order valence-corrected chi connectivity index (χ1v) is 8.50. The van der Waals surface area contributed by atoms with Crippen molar-refractivity contribution in [3.05, 3.63) is 52.0 Å². The number of aromatic amines is 1. The minimum absolute atomic E-state index is 0.160. The molecule has 1 aliphatic rings. The number of fused-ring (bicyclic) bond motifs is 1. The Morgan fingerprint density at radius 1 is 1.40 bits per heavy atom. The van der Waals surface area contributed by atoms with Crippen LogP contribution in [0.3, 0.4) is 0 Å². The summed E-state index contributed by atoms with van der Waals surface area (Å²) >= 11 is 0. The van der Waals surface area contributed by atoms with Gasteiger partial charge in [-0.3, -0.25) is 14.0 Å². The lowest BCUT2D eigenvalue weighted by Gasteiger charge is -2.35. The van der Waals surface area contributed by atoms with Gasteiger partial charge in [0.2, 0.25) is 11.5 Å². The van der Waals surface area contributed by atoms with Gasteiger partial charge in [0.25, 0.3) is 11.5 Å². The molecule has 0 bridgehead atoms. The van der Waals surface area contributed by atoms with Gasteiger partial charge < -0.3 is 14.4 Å². The summed E-state index contributed by atoms with van der Waals surface area (Å²) in [6.07, 6.45) is 6.60. The molecule has 0 saturated carbocycles. The van der Waals surface area contributed by atoms with E-state index in [-0.39, 0.29) is 23.3 Å². The van der Waals surface area contributed by atoms with Crippen LogP contribution >= 0.6 is 0 Å². The molecule has 0 spiro atoms. The van der Waals surface area contributed by atoms with Gasteiger partial charge in [0.05, 0.1) is 11.7 Å². The molecule has 0 radical (unpaired) electrons. The van der Waals surface area contributed by atoms with Crippen LogP contribution in [0, 0.1) is 0 Å². The van der Waals surface area contributed by atoms with Gasteiger partial charge in [0.1, 0.15) is 0 Å². The van der Waals surface area contributed by atoms with Crippen molar-refractivity contribution in [1.82, 2.24) is 24.4 Å². The van der Waals surface area contributed by atoms with E-state index in [2.05, 4.69) is 15.1 Å². The Morgan fingerprint density at radius 3 is 3.08 bits per heavy atom. The Balaban J connectivity index is 1.70. The fourth-order valence-corrected chi connectivity index (χ4v) is 3.34. The largest absolute Gasteiger partial charge is 0.351 e. The van der Waals surface area contributed by atoms with Crippen LogP contribution in [0.2, 0.25) is 0 Å². The summed E-state index contributed by atoms with van der Waals surface area (Å²) in [4.78, 5) is 34.2. The fourth-order valence-electron chi connectivity index (χ4n) is 3.34. The highest BCUT2D eigenvalue weighted by atomic mass is 16.5. The second-order valence-corrected chi connectivity index (χ2v) is 6.23. The minimum Gasteiger partial charge on any atom is -0.351 e. The SMILES string of the molecule is CCc1cc(C(=O)N2CCCC[C@H]2c2cc(=O)n3ccnc3[nH]2)on1. The molecule has 8 nitrogen and oxygen atoms in total. The third-order valence-electron chi connectivity index (χ3n) is 4.67. The van der Waals surface area contributed by atoms with E-state index in [1.54, 1.807) is 29.4 Å². The molecule has 1 amide bonds. The minimum atomic E-state index is -0.203. The monoisotopic (exact) mass is 341 g/mol. The zero-order chi connectivity index (χ0) is 17.4. The number of H-pyrrole nitrogens is 1. The van der Waals surface area contributed by atoms with Gasteiger partial charge in [-0.2, -0.15) is 0 Å². The molecule has 1 saturated heterocycles. The van der Waals surface area contributed by atoms with Gasteiger partial charge >= 0.3 is 0 Å². The van der Waals surface area contributed by atoms with Crippen molar-refractivity contribution in [2.24, 2.45) is 0 Å². The molecule has 8 heteroatoms. The third kappa shape index (κ3) is 2.73. The van der Waals surface area contributed by atoms with E-state index in [4.69, 9.17) is 4.52 Å². The lowest BCUT2D eigenvalue weighted by Crippen LogP contribution is -2.39. The van der Waals surface area contributed by atoms with Crippen molar-refractivity contribution < 1.29 is 9.32 Å². The molecule has 1 N–H and O–H groups in total. The van der Waals surface area contributed by atoms with Crippen LogP contribution < -0.4 is 5.56 Å². The predicted molar refractivity (Wildman–Crippen MR) is 89.3 cm³/mol. The van der Waals surface area contributed by atoms with Crippen LogP contribution in [0.4, 0.5) is 0 Å². The molecule has 1 aliphatic heterocycles. The maximum Gasteiger partial charge on any atom is 0.293 e. The van der Waals surface area contributed by atoms with Crippen LogP contribution in [0.5, 0.6) is 0 Å². The quantitative estimate of drug-likeness (QED) is 0.785. The summed E-state index contributed by atoms with van der Waals surface area (Å²) in [5.41, 5.74) is 1.29. The van der Waals surface area contributed by atoms with Crippen molar-refractivity contribution in [2.45, 2.75) is 38.6 Å². The number of carbonyl (C=O) groups is 1. The van der Waals surface area contributed by atoms with E-state index in [0.29, 0.717) is 24.4 Å². The topological polar surface area (TPSA) is 96.5 Å². The lowest BCUT2D eigenvalue weighted by atomic mass is 9.98. The Labute approximate surface area is 143 Å². The number of amides is 1. The molecule has 1 atom stereocenters. The van der Waals surface area contributed by atoms with E-state index < -0.39 is 0 Å². The standard InChI is InChI=1S/C17H19N5O3/c1-2-11-9-14(25-20-11)16(24)21-7-4-3-5-13(21)12-10-15(23)22-8-6-18-17(22)19-12/h6,8-10,13H,2-5,7H2,1H3,(H,18,19)/t13-/m0/s1. The van der Waals surface area contributed by atoms with Gasteiger partial charge in [0.15, 0.2) is 0 Å². The van der Waals surface area contributed by atoms with E-state index in [1.165, 1.54) is 4.40 Å². The van der Waals surface area contributed by atoms with Gasteiger partial charge in [-0.05, 0) is 25.7 Å². The number of hydrogen-bond donors (Lipinski definition) is 1. The second-order valence-electron chi connectivity index (χ2n) is 6.23. The van der Waals surface area contributed by atoms with E-state index in [9.17, 15) is 9.59 Å². The molecular weight excluding hydrogens is 322 g/mol. The fraction of sp³-hybridized carbons (Fsp3) is 0.412. The first-order valence-electron chi connectivity index (χ1n) is 8.50. The normalized spacial score (nSPS) is 18.0. The summed E-state index contributed by atoms with van der Waals surface area (Å²) < 4.78 is 6.65. The van der Waals surface area contributed by atoms with Crippen LogP contribution in [-0.4, -0.2) is 36.9 Å². The average molecular weight is 341 g/mol. The van der Waals surface area contributed by atoms with E-state index in [0.717, 1.165) is 25.0 Å². The van der Waals surface area contributed by atoms with Gasteiger partial charge in [0, 0.05) is 36.8 Å². The Morgan fingerprint density at radius 2 is 2.28 bits per heavy atom. The highest BCUT2D eigenvalue weighted by Crippen LogP contribution is 2.31.